The molecule has 46 valence electrons. The van der Waals surface area contributed by atoms with Crippen LogP contribution in [-0.2, 0) is 9.53 Å². The van der Waals surface area contributed by atoms with E-state index in [9.17, 15) is 4.79 Å². The first-order valence-electron chi connectivity index (χ1n) is 2.37. The predicted molar refractivity (Wildman–Crippen MR) is 35.1 cm³/mol. The van der Waals surface area contributed by atoms with Crippen LogP contribution in [0.3, 0.4) is 0 Å². The van der Waals surface area contributed by atoms with Gasteiger partial charge in [0.1, 0.15) is 0 Å². The zero-order chi connectivity index (χ0) is 6.69. The van der Waals surface area contributed by atoms with Crippen LogP contribution in [0.5, 0.6) is 0 Å². The second-order valence-electron chi connectivity index (χ2n) is 1.47. The molecule has 1 heterocycles. The van der Waals surface area contributed by atoms with Crippen molar-refractivity contribution in [1.82, 2.24) is 0 Å². The molecule has 0 amide bonds. The quantitative estimate of drug-likeness (QED) is 0.327. The third kappa shape index (κ3) is 1.37. The Morgan fingerprint density at radius 2 is 2.44 bits per heavy atom. The van der Waals surface area contributed by atoms with Crippen molar-refractivity contribution in [3.8, 4) is 0 Å². The van der Waals surface area contributed by atoms with E-state index in [2.05, 4.69) is 15.6 Å². The summed E-state index contributed by atoms with van der Waals surface area (Å²) in [5, 5.41) is 0. The molecule has 2 nitrogen and oxygen atoms in total. The molecule has 0 aliphatic carbocycles. The predicted octanol–water partition coefficient (Wildman–Crippen LogP) is -0.0460. The Kier molecular flexibility index (Phi) is 1.98. The molecule has 0 saturated heterocycles. The Hall–Kier alpha value is -0.661. The van der Waals surface area contributed by atoms with Crippen LogP contribution < -0.4 is 0 Å². The molecule has 1 aliphatic heterocycles. The molecule has 0 N–H and O–H groups in total. The van der Waals surface area contributed by atoms with Gasteiger partial charge in [-0.3, -0.25) is 0 Å². The van der Waals surface area contributed by atoms with Gasteiger partial charge in [0.2, 0.25) is 0 Å². The van der Waals surface area contributed by atoms with Gasteiger partial charge in [-0.25, -0.2) is 0 Å². The van der Waals surface area contributed by atoms with Crippen LogP contribution in [0.15, 0.2) is 24.0 Å². The summed E-state index contributed by atoms with van der Waals surface area (Å²) in [6.07, 6.45) is 5.42. The molecule has 0 spiro atoms. The molecule has 0 bridgehead atoms. The first-order valence-corrected chi connectivity index (χ1v) is 3.23. The molecule has 0 saturated carbocycles. The third-order valence-corrected chi connectivity index (χ3v) is 1.60. The average Bonchev–Trinajstić information content (AvgIpc) is 2.18. The Bertz CT molecular complexity index is 203. The van der Waals surface area contributed by atoms with Crippen molar-refractivity contribution >= 4 is 26.5 Å². The maximum absolute atomic E-state index is 9.91. The van der Waals surface area contributed by atoms with Gasteiger partial charge < -0.3 is 0 Å². The van der Waals surface area contributed by atoms with Crippen LogP contribution in [0.1, 0.15) is 0 Å². The molecule has 0 radical (unpaired) electrons. The standard InChI is InChI=1S/C6H4O2Se/c7-3-1-5-2-4-8-6(5)9/h1-4H/b5-1-. The summed E-state index contributed by atoms with van der Waals surface area (Å²) in [5.74, 6) is 0. The normalized spacial score (nSPS) is 20.4. The number of ether oxygens (including phenoxy) is 1. The van der Waals surface area contributed by atoms with E-state index < -0.39 is 0 Å². The van der Waals surface area contributed by atoms with Crippen molar-refractivity contribution in [2.24, 2.45) is 0 Å². The van der Waals surface area contributed by atoms with E-state index in [-0.39, 0.29) is 0 Å². The number of hydrogen-bond donors (Lipinski definition) is 0. The van der Waals surface area contributed by atoms with Gasteiger partial charge in [0, 0.05) is 0 Å². The summed E-state index contributed by atoms with van der Waals surface area (Å²) in [4.78, 5) is 9.91. The number of allylic oxidation sites excluding steroid dienone is 1. The van der Waals surface area contributed by atoms with Crippen LogP contribution >= 0.6 is 0 Å². The van der Waals surface area contributed by atoms with Crippen molar-refractivity contribution in [2.75, 3.05) is 0 Å². The summed E-state index contributed by atoms with van der Waals surface area (Å²) < 4.78 is 5.53. The summed E-state index contributed by atoms with van der Waals surface area (Å²) in [6, 6.07) is 0. The van der Waals surface area contributed by atoms with E-state index in [1.54, 1.807) is 6.08 Å². The molecule has 0 aromatic carbocycles. The minimum atomic E-state index is 0.655. The summed E-state index contributed by atoms with van der Waals surface area (Å²) in [6.45, 7) is 0. The fourth-order valence-corrected chi connectivity index (χ4v) is 0.904. The molecule has 0 unspecified atom stereocenters. The second-order valence-corrected chi connectivity index (χ2v) is 2.24. The van der Waals surface area contributed by atoms with Crippen LogP contribution in [0.25, 0.3) is 0 Å². The van der Waals surface area contributed by atoms with Gasteiger partial charge in [-0.15, -0.1) is 0 Å². The van der Waals surface area contributed by atoms with Crippen molar-refractivity contribution < 1.29 is 9.53 Å². The number of hydrogen-bond acceptors (Lipinski definition) is 2. The summed E-state index contributed by atoms with van der Waals surface area (Å²) in [7, 11) is 0. The average molecular weight is 187 g/mol. The Morgan fingerprint density at radius 3 is 2.89 bits per heavy atom. The third-order valence-electron chi connectivity index (χ3n) is 0.906. The molecular formula is C6H4O2Se. The van der Waals surface area contributed by atoms with Gasteiger partial charge in [0.05, 0.1) is 0 Å². The molecule has 0 fully saturated rings. The molecule has 3 heteroatoms. The first kappa shape index (κ1) is 6.46. The van der Waals surface area contributed by atoms with Gasteiger partial charge in [-0.2, -0.15) is 0 Å². The topological polar surface area (TPSA) is 26.3 Å². The van der Waals surface area contributed by atoms with Gasteiger partial charge >= 0.3 is 60.0 Å². The molecule has 0 atom stereocenters. The van der Waals surface area contributed by atoms with Gasteiger partial charge in [0.15, 0.2) is 0 Å². The first-order chi connectivity index (χ1) is 4.34. The van der Waals surface area contributed by atoms with Gasteiger partial charge in [0.25, 0.3) is 0 Å². The molecule has 0 aromatic rings. The van der Waals surface area contributed by atoms with Gasteiger partial charge in [-0.1, -0.05) is 0 Å². The maximum atomic E-state index is 9.91. The summed E-state index contributed by atoms with van der Waals surface area (Å²) >= 11 is 2.68. The van der Waals surface area contributed by atoms with Crippen molar-refractivity contribution in [3.63, 3.8) is 0 Å². The van der Waals surface area contributed by atoms with Crippen LogP contribution in [-0.4, -0.2) is 26.5 Å². The molecule has 9 heavy (non-hydrogen) atoms. The Labute approximate surface area is 60.6 Å². The summed E-state index contributed by atoms with van der Waals surface area (Å²) in [5.41, 5.74) is 0.796. The van der Waals surface area contributed by atoms with E-state index in [0.717, 1.165) is 11.9 Å². The zero-order valence-electron chi connectivity index (χ0n) is 4.53. The molecule has 1 aliphatic rings. The fourth-order valence-electron chi connectivity index (χ4n) is 0.502. The van der Waals surface area contributed by atoms with E-state index in [1.807, 2.05) is 0 Å². The molecule has 0 aromatic heterocycles. The van der Waals surface area contributed by atoms with Crippen LogP contribution in [0.4, 0.5) is 0 Å². The van der Waals surface area contributed by atoms with Crippen LogP contribution in [0.2, 0.25) is 0 Å². The Balaban J connectivity index is 2.81. The Morgan fingerprint density at radius 1 is 1.67 bits per heavy atom. The van der Waals surface area contributed by atoms with Crippen molar-refractivity contribution in [2.45, 2.75) is 0 Å². The number of rotatable bonds is 1. The monoisotopic (exact) mass is 188 g/mol. The second kappa shape index (κ2) is 2.76. The van der Waals surface area contributed by atoms with E-state index in [0.29, 0.717) is 4.60 Å². The van der Waals surface area contributed by atoms with Crippen molar-refractivity contribution in [1.29, 1.82) is 0 Å². The molecule has 1 rings (SSSR count). The van der Waals surface area contributed by atoms with E-state index >= 15 is 0 Å². The number of aldehydes is 1. The number of carbonyl (C=O) groups excluding carboxylic acids is 1. The van der Waals surface area contributed by atoms with Crippen LogP contribution in [0, 0.1) is 0 Å². The van der Waals surface area contributed by atoms with E-state index in [1.165, 1.54) is 12.3 Å². The minimum absolute atomic E-state index is 0.655. The zero-order valence-corrected chi connectivity index (χ0v) is 6.25. The fraction of sp³-hybridized carbons (Fsp3) is 0. The van der Waals surface area contributed by atoms with Crippen molar-refractivity contribution in [3.05, 3.63) is 24.0 Å². The number of carbonyl (C=O) groups is 1. The van der Waals surface area contributed by atoms with Gasteiger partial charge in [-0.05, 0) is 0 Å². The SMILES string of the molecule is O=C/C=C1/C=COC1=[Se]. The molecular weight excluding hydrogens is 183 g/mol. The van der Waals surface area contributed by atoms with E-state index in [4.69, 9.17) is 4.74 Å².